The van der Waals surface area contributed by atoms with Crippen LogP contribution in [0.3, 0.4) is 0 Å². The SMILES string of the molecule is Cn1c(SCC(=O)NC2CCCCC2)nc2c(-c3ccccc3)c[nH]c2c1=O. The van der Waals surface area contributed by atoms with E-state index in [9.17, 15) is 9.59 Å². The third kappa shape index (κ3) is 3.85. The number of thioether (sulfide) groups is 1. The molecular formula is C21H24N4O2S. The average Bonchev–Trinajstić information content (AvgIpc) is 3.15. The van der Waals surface area contributed by atoms with Crippen LogP contribution in [0.5, 0.6) is 0 Å². The van der Waals surface area contributed by atoms with E-state index in [1.165, 1.54) is 35.6 Å². The fraction of sp³-hybridized carbons (Fsp3) is 0.381. The van der Waals surface area contributed by atoms with Gasteiger partial charge in [0.05, 0.1) is 5.75 Å². The van der Waals surface area contributed by atoms with E-state index >= 15 is 0 Å². The molecule has 3 aromatic rings. The molecule has 1 saturated carbocycles. The third-order valence-electron chi connectivity index (χ3n) is 5.25. The van der Waals surface area contributed by atoms with Gasteiger partial charge in [0.25, 0.3) is 5.56 Å². The standard InChI is InChI=1S/C21H24N4O2S/c1-25-20(27)19-18(16(12-22-19)14-8-4-2-5-9-14)24-21(25)28-13-17(26)23-15-10-6-3-7-11-15/h2,4-5,8-9,12,15,22H,3,6-7,10-11,13H2,1H3,(H,23,26). The molecule has 7 heteroatoms. The highest BCUT2D eigenvalue weighted by atomic mass is 32.2. The minimum Gasteiger partial charge on any atom is -0.355 e. The maximum atomic E-state index is 12.7. The van der Waals surface area contributed by atoms with Crippen LogP contribution in [0.15, 0.2) is 46.5 Å². The van der Waals surface area contributed by atoms with E-state index in [2.05, 4.69) is 10.3 Å². The van der Waals surface area contributed by atoms with Gasteiger partial charge in [-0.3, -0.25) is 14.2 Å². The van der Waals surface area contributed by atoms with Crippen molar-refractivity contribution < 1.29 is 4.79 Å². The van der Waals surface area contributed by atoms with Crippen LogP contribution >= 0.6 is 11.8 Å². The molecule has 2 heterocycles. The number of nitrogens with one attached hydrogen (secondary N) is 2. The van der Waals surface area contributed by atoms with Crippen LogP contribution in [-0.4, -0.2) is 32.2 Å². The van der Waals surface area contributed by atoms with Crippen LogP contribution < -0.4 is 10.9 Å². The van der Waals surface area contributed by atoms with Crippen molar-refractivity contribution in [3.8, 4) is 11.1 Å². The van der Waals surface area contributed by atoms with Gasteiger partial charge in [0, 0.05) is 24.8 Å². The first kappa shape index (κ1) is 18.8. The second kappa shape index (κ2) is 8.22. The van der Waals surface area contributed by atoms with Crippen molar-refractivity contribution in [1.82, 2.24) is 19.9 Å². The quantitative estimate of drug-likeness (QED) is 0.511. The maximum Gasteiger partial charge on any atom is 0.278 e. The first-order valence-electron chi connectivity index (χ1n) is 9.69. The molecule has 0 bridgehead atoms. The zero-order valence-electron chi connectivity index (χ0n) is 15.9. The van der Waals surface area contributed by atoms with Gasteiger partial charge in [0.15, 0.2) is 5.16 Å². The number of hydrogen-bond acceptors (Lipinski definition) is 4. The van der Waals surface area contributed by atoms with Crippen molar-refractivity contribution in [3.05, 3.63) is 46.9 Å². The van der Waals surface area contributed by atoms with Gasteiger partial charge in [0.1, 0.15) is 11.0 Å². The summed E-state index contributed by atoms with van der Waals surface area (Å²) >= 11 is 1.31. The highest BCUT2D eigenvalue weighted by molar-refractivity contribution is 7.99. The lowest BCUT2D eigenvalue weighted by atomic mass is 9.95. The van der Waals surface area contributed by atoms with E-state index in [0.717, 1.165) is 24.0 Å². The predicted octanol–water partition coefficient (Wildman–Crippen LogP) is 3.47. The van der Waals surface area contributed by atoms with Crippen molar-refractivity contribution in [2.45, 2.75) is 43.3 Å². The van der Waals surface area contributed by atoms with Crippen LogP contribution in [0.2, 0.25) is 0 Å². The number of amides is 1. The Labute approximate surface area is 167 Å². The lowest BCUT2D eigenvalue weighted by Gasteiger charge is -2.22. The summed E-state index contributed by atoms with van der Waals surface area (Å²) in [6.45, 7) is 0. The van der Waals surface area contributed by atoms with E-state index in [4.69, 9.17) is 4.98 Å². The Balaban J connectivity index is 1.56. The minimum absolute atomic E-state index is 0.00333. The van der Waals surface area contributed by atoms with Gasteiger partial charge in [-0.1, -0.05) is 61.4 Å². The largest absolute Gasteiger partial charge is 0.355 e. The summed E-state index contributed by atoms with van der Waals surface area (Å²) in [6, 6.07) is 10.1. The lowest BCUT2D eigenvalue weighted by molar-refractivity contribution is -0.119. The molecule has 146 valence electrons. The van der Waals surface area contributed by atoms with Crippen LogP contribution in [0.4, 0.5) is 0 Å². The summed E-state index contributed by atoms with van der Waals surface area (Å²) in [5, 5.41) is 3.66. The molecule has 2 N–H and O–H groups in total. The molecule has 0 radical (unpaired) electrons. The monoisotopic (exact) mass is 396 g/mol. The molecule has 1 aromatic carbocycles. The van der Waals surface area contributed by atoms with E-state index in [0.29, 0.717) is 16.2 Å². The number of hydrogen-bond donors (Lipinski definition) is 2. The molecule has 1 amide bonds. The number of aromatic nitrogens is 3. The molecule has 0 saturated heterocycles. The van der Waals surface area contributed by atoms with Gasteiger partial charge < -0.3 is 10.3 Å². The van der Waals surface area contributed by atoms with Crippen molar-refractivity contribution in [1.29, 1.82) is 0 Å². The minimum atomic E-state index is -0.137. The van der Waals surface area contributed by atoms with Crippen LogP contribution in [0.1, 0.15) is 32.1 Å². The van der Waals surface area contributed by atoms with E-state index in [-0.39, 0.29) is 23.3 Å². The summed E-state index contributed by atoms with van der Waals surface area (Å²) in [5.74, 6) is 0.261. The molecule has 1 fully saturated rings. The van der Waals surface area contributed by atoms with Crippen molar-refractivity contribution >= 4 is 28.7 Å². The Morgan fingerprint density at radius 1 is 1.25 bits per heavy atom. The summed E-state index contributed by atoms with van der Waals surface area (Å²) in [6.07, 6.45) is 7.55. The topological polar surface area (TPSA) is 79.8 Å². The molecular weight excluding hydrogens is 372 g/mol. The molecule has 0 spiro atoms. The number of fused-ring (bicyclic) bond motifs is 1. The van der Waals surface area contributed by atoms with Crippen molar-refractivity contribution in [2.24, 2.45) is 7.05 Å². The Kier molecular flexibility index (Phi) is 5.52. The lowest BCUT2D eigenvalue weighted by Crippen LogP contribution is -2.37. The van der Waals surface area contributed by atoms with E-state index in [1.807, 2.05) is 36.5 Å². The van der Waals surface area contributed by atoms with Crippen LogP contribution in [0.25, 0.3) is 22.2 Å². The second-order valence-corrected chi connectivity index (χ2v) is 8.18. The van der Waals surface area contributed by atoms with Gasteiger partial charge in [-0.15, -0.1) is 0 Å². The van der Waals surface area contributed by atoms with Gasteiger partial charge in [0.2, 0.25) is 5.91 Å². The number of aromatic amines is 1. The molecule has 1 aliphatic carbocycles. The summed E-state index contributed by atoms with van der Waals surface area (Å²) < 4.78 is 1.51. The molecule has 1 aliphatic rings. The normalized spacial score (nSPS) is 15.0. The number of H-pyrrole nitrogens is 1. The molecule has 0 unspecified atom stereocenters. The molecule has 4 rings (SSSR count). The number of nitrogens with zero attached hydrogens (tertiary/aromatic N) is 2. The fourth-order valence-electron chi connectivity index (χ4n) is 3.73. The summed E-state index contributed by atoms with van der Waals surface area (Å²) in [4.78, 5) is 32.8. The fourth-order valence-corrected chi connectivity index (χ4v) is 4.51. The average molecular weight is 397 g/mol. The van der Waals surface area contributed by atoms with Gasteiger partial charge in [-0.25, -0.2) is 4.98 Å². The van der Waals surface area contributed by atoms with Crippen LogP contribution in [0, 0.1) is 0 Å². The highest BCUT2D eigenvalue weighted by Crippen LogP contribution is 2.27. The van der Waals surface area contributed by atoms with Crippen molar-refractivity contribution in [2.75, 3.05) is 5.75 Å². The molecule has 6 nitrogen and oxygen atoms in total. The second-order valence-electron chi connectivity index (χ2n) is 7.24. The van der Waals surface area contributed by atoms with Crippen molar-refractivity contribution in [3.63, 3.8) is 0 Å². The number of benzene rings is 1. The Bertz CT molecular complexity index is 1040. The molecule has 28 heavy (non-hydrogen) atoms. The number of rotatable bonds is 5. The summed E-state index contributed by atoms with van der Waals surface area (Å²) in [7, 11) is 1.69. The predicted molar refractivity (Wildman–Crippen MR) is 113 cm³/mol. The first-order chi connectivity index (χ1) is 13.6. The van der Waals surface area contributed by atoms with Gasteiger partial charge in [-0.2, -0.15) is 0 Å². The Hall–Kier alpha value is -2.54. The van der Waals surface area contributed by atoms with E-state index < -0.39 is 0 Å². The molecule has 0 aliphatic heterocycles. The van der Waals surface area contributed by atoms with Crippen LogP contribution in [-0.2, 0) is 11.8 Å². The summed E-state index contributed by atoms with van der Waals surface area (Å²) in [5.41, 5.74) is 2.88. The van der Waals surface area contributed by atoms with E-state index in [1.54, 1.807) is 7.05 Å². The molecule has 0 atom stereocenters. The zero-order chi connectivity index (χ0) is 19.5. The molecule has 2 aromatic heterocycles. The highest BCUT2D eigenvalue weighted by Gasteiger charge is 2.18. The zero-order valence-corrected chi connectivity index (χ0v) is 16.7. The first-order valence-corrected chi connectivity index (χ1v) is 10.7. The number of carbonyl (C=O) groups excluding carboxylic acids is 1. The maximum absolute atomic E-state index is 12.7. The Morgan fingerprint density at radius 2 is 2.00 bits per heavy atom. The Morgan fingerprint density at radius 3 is 2.75 bits per heavy atom. The van der Waals surface area contributed by atoms with Gasteiger partial charge in [-0.05, 0) is 18.4 Å². The smallest absolute Gasteiger partial charge is 0.278 e. The third-order valence-corrected chi connectivity index (χ3v) is 6.28. The number of carbonyl (C=O) groups is 1. The van der Waals surface area contributed by atoms with Gasteiger partial charge >= 0.3 is 0 Å².